The molecule has 3 rings (SSSR count). The molecule has 1 aromatic heterocycles. The van der Waals surface area contributed by atoms with E-state index in [1.54, 1.807) is 6.07 Å². The van der Waals surface area contributed by atoms with Gasteiger partial charge in [0.25, 0.3) is 0 Å². The number of nitrogens with zero attached hydrogens (tertiary/aromatic N) is 3. The Morgan fingerprint density at radius 2 is 2.10 bits per heavy atom. The molecule has 0 bridgehead atoms. The molecule has 1 aromatic carbocycles. The molecule has 2 aromatic rings. The molecule has 0 spiro atoms. The maximum atomic E-state index is 11.2. The minimum Gasteiger partial charge on any atom is -0.381 e. The lowest BCUT2D eigenvalue weighted by Gasteiger charge is -2.24. The average Bonchev–Trinajstić information content (AvgIpc) is 2.48. The molecule has 0 amide bonds. The van der Waals surface area contributed by atoms with Crippen LogP contribution in [0.1, 0.15) is 12.8 Å². The molecule has 2 heterocycles. The third-order valence-corrected chi connectivity index (χ3v) is 3.94. The molecule has 1 aliphatic heterocycles. The Balaban J connectivity index is 2.08. The highest BCUT2D eigenvalue weighted by atomic mass is 79.9. The van der Waals surface area contributed by atoms with Crippen molar-refractivity contribution >= 4 is 38.3 Å². The van der Waals surface area contributed by atoms with Crippen LogP contribution in [0.4, 0.5) is 11.5 Å². The maximum Gasteiger partial charge on any atom is 0.414 e. The van der Waals surface area contributed by atoms with E-state index in [-0.39, 0.29) is 11.9 Å². The van der Waals surface area contributed by atoms with Gasteiger partial charge in [-0.2, -0.15) is 0 Å². The standard InChI is InChI=1S/C13H13BrN4O3/c14-8-1-2-11-10(7-8)12(13(17-16-11)18(19)20)15-9-3-5-21-6-4-9/h1-2,7,9H,3-6H2,(H,15,16). The molecule has 1 saturated heterocycles. The van der Waals surface area contributed by atoms with Crippen molar-refractivity contribution in [2.75, 3.05) is 18.5 Å². The van der Waals surface area contributed by atoms with Crippen molar-refractivity contribution in [3.05, 3.63) is 32.8 Å². The van der Waals surface area contributed by atoms with Gasteiger partial charge in [-0.15, -0.1) is 0 Å². The van der Waals surface area contributed by atoms with Gasteiger partial charge in [-0.1, -0.05) is 15.9 Å². The number of hydrogen-bond acceptors (Lipinski definition) is 6. The van der Waals surface area contributed by atoms with Gasteiger partial charge in [-0.3, -0.25) is 0 Å². The normalized spacial score (nSPS) is 16.0. The summed E-state index contributed by atoms with van der Waals surface area (Å²) in [5.41, 5.74) is 1.05. The number of rotatable bonds is 3. The molecule has 110 valence electrons. The number of benzene rings is 1. The Labute approximate surface area is 129 Å². The highest BCUT2D eigenvalue weighted by Gasteiger charge is 2.24. The van der Waals surface area contributed by atoms with E-state index < -0.39 is 4.92 Å². The van der Waals surface area contributed by atoms with Crippen LogP contribution in [0.15, 0.2) is 22.7 Å². The molecule has 0 radical (unpaired) electrons. The van der Waals surface area contributed by atoms with Gasteiger partial charge in [-0.05, 0) is 41.1 Å². The van der Waals surface area contributed by atoms with Crippen LogP contribution >= 0.6 is 15.9 Å². The second-order valence-electron chi connectivity index (χ2n) is 4.85. The van der Waals surface area contributed by atoms with E-state index in [0.717, 1.165) is 17.3 Å². The summed E-state index contributed by atoms with van der Waals surface area (Å²) in [7, 11) is 0. The zero-order valence-electron chi connectivity index (χ0n) is 11.1. The van der Waals surface area contributed by atoms with Crippen LogP contribution in [0.25, 0.3) is 10.9 Å². The van der Waals surface area contributed by atoms with Crippen molar-refractivity contribution in [3.63, 3.8) is 0 Å². The van der Waals surface area contributed by atoms with Crippen molar-refractivity contribution < 1.29 is 9.66 Å². The topological polar surface area (TPSA) is 90.2 Å². The van der Waals surface area contributed by atoms with E-state index in [9.17, 15) is 10.1 Å². The van der Waals surface area contributed by atoms with Gasteiger partial charge >= 0.3 is 5.82 Å². The van der Waals surface area contributed by atoms with Crippen LogP contribution in [0.5, 0.6) is 0 Å². The van der Waals surface area contributed by atoms with Gasteiger partial charge in [0.05, 0.1) is 5.10 Å². The third-order valence-electron chi connectivity index (χ3n) is 3.45. The van der Waals surface area contributed by atoms with E-state index in [2.05, 4.69) is 31.4 Å². The number of aromatic nitrogens is 2. The average molecular weight is 353 g/mol. The Morgan fingerprint density at radius 3 is 2.81 bits per heavy atom. The Morgan fingerprint density at radius 1 is 1.33 bits per heavy atom. The van der Waals surface area contributed by atoms with Crippen molar-refractivity contribution in [1.29, 1.82) is 0 Å². The summed E-state index contributed by atoms with van der Waals surface area (Å²) in [6, 6.07) is 5.58. The second kappa shape index (κ2) is 5.90. The highest BCUT2D eigenvalue weighted by molar-refractivity contribution is 9.10. The number of halogens is 1. The van der Waals surface area contributed by atoms with Gasteiger partial charge in [-0.25, -0.2) is 0 Å². The molecule has 0 atom stereocenters. The quantitative estimate of drug-likeness (QED) is 0.674. The third kappa shape index (κ3) is 2.96. The van der Waals surface area contributed by atoms with Gasteiger partial charge in [0.15, 0.2) is 0 Å². The van der Waals surface area contributed by atoms with Crippen LogP contribution < -0.4 is 5.32 Å². The second-order valence-corrected chi connectivity index (χ2v) is 5.76. The minimum atomic E-state index is -0.505. The molecule has 8 heteroatoms. The van der Waals surface area contributed by atoms with E-state index in [1.165, 1.54) is 0 Å². The molecular weight excluding hydrogens is 340 g/mol. The zero-order chi connectivity index (χ0) is 14.8. The first kappa shape index (κ1) is 14.2. The molecule has 1 aliphatic rings. The van der Waals surface area contributed by atoms with E-state index >= 15 is 0 Å². The van der Waals surface area contributed by atoms with Crippen molar-refractivity contribution in [2.45, 2.75) is 18.9 Å². The number of fused-ring (bicyclic) bond motifs is 1. The van der Waals surface area contributed by atoms with Crippen molar-refractivity contribution in [1.82, 2.24) is 10.2 Å². The molecule has 1 fully saturated rings. The monoisotopic (exact) mass is 352 g/mol. The van der Waals surface area contributed by atoms with E-state index in [1.807, 2.05) is 12.1 Å². The van der Waals surface area contributed by atoms with Crippen LogP contribution in [0, 0.1) is 10.1 Å². The molecule has 0 unspecified atom stereocenters. The summed E-state index contributed by atoms with van der Waals surface area (Å²) in [4.78, 5) is 10.7. The van der Waals surface area contributed by atoms with Gasteiger partial charge in [0.1, 0.15) is 11.2 Å². The number of nitrogens with one attached hydrogen (secondary N) is 1. The maximum absolute atomic E-state index is 11.2. The lowest BCUT2D eigenvalue weighted by molar-refractivity contribution is -0.389. The van der Waals surface area contributed by atoms with Gasteiger partial charge < -0.3 is 20.2 Å². The van der Waals surface area contributed by atoms with Crippen LogP contribution in [-0.2, 0) is 4.74 Å². The summed E-state index contributed by atoms with van der Waals surface area (Å²) in [5, 5.41) is 22.8. The molecule has 21 heavy (non-hydrogen) atoms. The molecule has 1 N–H and O–H groups in total. The van der Waals surface area contributed by atoms with Gasteiger partial charge in [0, 0.05) is 29.1 Å². The first-order valence-electron chi connectivity index (χ1n) is 6.60. The minimum absolute atomic E-state index is 0.142. The number of nitro groups is 1. The van der Waals surface area contributed by atoms with Crippen molar-refractivity contribution in [3.8, 4) is 0 Å². The van der Waals surface area contributed by atoms with E-state index in [0.29, 0.717) is 29.8 Å². The number of ether oxygens (including phenoxy) is 1. The highest BCUT2D eigenvalue weighted by Crippen LogP contribution is 2.32. The summed E-state index contributed by atoms with van der Waals surface area (Å²) in [5.74, 6) is -0.243. The molecule has 0 saturated carbocycles. The molecule has 7 nitrogen and oxygen atoms in total. The zero-order valence-corrected chi connectivity index (χ0v) is 12.7. The predicted molar refractivity (Wildman–Crippen MR) is 81.4 cm³/mol. The van der Waals surface area contributed by atoms with E-state index in [4.69, 9.17) is 4.74 Å². The first-order valence-corrected chi connectivity index (χ1v) is 7.39. The predicted octanol–water partition coefficient (Wildman–Crippen LogP) is 2.89. The fourth-order valence-corrected chi connectivity index (χ4v) is 2.74. The molecular formula is C13H13BrN4O3. The van der Waals surface area contributed by atoms with Gasteiger partial charge in [0.2, 0.25) is 0 Å². The number of anilines is 1. The summed E-state index contributed by atoms with van der Waals surface area (Å²) in [6.45, 7) is 1.32. The SMILES string of the molecule is O=[N+]([O-])c1nnc2ccc(Br)cc2c1NC1CCOCC1. The number of hydrogen-bond donors (Lipinski definition) is 1. The smallest absolute Gasteiger partial charge is 0.381 e. The summed E-state index contributed by atoms with van der Waals surface area (Å²) in [6.07, 6.45) is 1.63. The van der Waals surface area contributed by atoms with Crippen LogP contribution in [0.3, 0.4) is 0 Å². The Bertz CT molecular complexity index is 688. The fraction of sp³-hybridized carbons (Fsp3) is 0.385. The van der Waals surface area contributed by atoms with Crippen LogP contribution in [-0.4, -0.2) is 34.4 Å². The fourth-order valence-electron chi connectivity index (χ4n) is 2.38. The lowest BCUT2D eigenvalue weighted by Crippen LogP contribution is -2.28. The van der Waals surface area contributed by atoms with Crippen molar-refractivity contribution in [2.24, 2.45) is 0 Å². The summed E-state index contributed by atoms with van der Waals surface area (Å²) < 4.78 is 6.15. The Kier molecular flexibility index (Phi) is 3.98. The molecule has 0 aliphatic carbocycles. The summed E-state index contributed by atoms with van der Waals surface area (Å²) >= 11 is 3.39. The first-order chi connectivity index (χ1) is 10.1. The largest absolute Gasteiger partial charge is 0.414 e. The van der Waals surface area contributed by atoms with Crippen LogP contribution in [0.2, 0.25) is 0 Å². The Hall–Kier alpha value is -1.80. The lowest BCUT2D eigenvalue weighted by atomic mass is 10.1.